The molecule has 0 saturated heterocycles. The van der Waals surface area contributed by atoms with Gasteiger partial charge in [0, 0.05) is 18.5 Å². The number of aryl methyl sites for hydroxylation is 1. The molecule has 0 spiro atoms. The Hall–Kier alpha value is -1.29. The molecule has 1 aromatic rings. The zero-order chi connectivity index (χ0) is 13.7. The monoisotopic (exact) mass is 264 g/mol. The molecule has 1 fully saturated rings. The predicted molar refractivity (Wildman–Crippen MR) is 74.8 cm³/mol. The summed E-state index contributed by atoms with van der Waals surface area (Å²) in [5.74, 6) is 1.81. The van der Waals surface area contributed by atoms with Gasteiger partial charge < -0.3 is 15.1 Å². The first-order valence-electron chi connectivity index (χ1n) is 7.20. The Morgan fingerprint density at radius 1 is 1.47 bits per heavy atom. The lowest BCUT2D eigenvalue weighted by Gasteiger charge is -2.16. The molecule has 1 aromatic heterocycles. The molecule has 0 bridgehead atoms. The van der Waals surface area contributed by atoms with Crippen molar-refractivity contribution >= 4 is 5.91 Å². The average molecular weight is 264 g/mol. The molecule has 1 aliphatic rings. The topological polar surface area (TPSA) is 54.3 Å². The second-order valence-corrected chi connectivity index (χ2v) is 5.59. The van der Waals surface area contributed by atoms with Crippen molar-refractivity contribution in [3.05, 3.63) is 24.2 Å². The van der Waals surface area contributed by atoms with Gasteiger partial charge in [-0.2, -0.15) is 0 Å². The van der Waals surface area contributed by atoms with Gasteiger partial charge in [-0.15, -0.1) is 0 Å². The highest BCUT2D eigenvalue weighted by Gasteiger charge is 2.28. The number of hydrogen-bond donors (Lipinski definition) is 2. The SMILES string of the molecule is C[C@H](CCc1ccco1)NCC(=O)N[C@@H](C)C1CC1. The molecule has 2 rings (SSSR count). The van der Waals surface area contributed by atoms with Crippen molar-refractivity contribution in [1.82, 2.24) is 10.6 Å². The maximum atomic E-state index is 11.7. The van der Waals surface area contributed by atoms with Crippen molar-refractivity contribution in [1.29, 1.82) is 0 Å². The fourth-order valence-electron chi connectivity index (χ4n) is 2.20. The molecule has 1 saturated carbocycles. The first-order valence-corrected chi connectivity index (χ1v) is 7.20. The summed E-state index contributed by atoms with van der Waals surface area (Å²) in [5, 5.41) is 6.30. The smallest absolute Gasteiger partial charge is 0.234 e. The van der Waals surface area contributed by atoms with E-state index in [2.05, 4.69) is 24.5 Å². The molecule has 0 aliphatic heterocycles. The van der Waals surface area contributed by atoms with Crippen LogP contribution < -0.4 is 10.6 Å². The Labute approximate surface area is 114 Å². The van der Waals surface area contributed by atoms with Crippen LogP contribution in [0.5, 0.6) is 0 Å². The van der Waals surface area contributed by atoms with Gasteiger partial charge in [-0.05, 0) is 51.2 Å². The van der Waals surface area contributed by atoms with Crippen molar-refractivity contribution in [3.63, 3.8) is 0 Å². The largest absolute Gasteiger partial charge is 0.469 e. The molecule has 4 heteroatoms. The third-order valence-corrected chi connectivity index (χ3v) is 3.73. The number of hydrogen-bond acceptors (Lipinski definition) is 3. The lowest BCUT2D eigenvalue weighted by Crippen LogP contribution is -2.42. The standard InChI is InChI=1S/C15H24N2O2/c1-11(5-8-14-4-3-9-19-14)16-10-15(18)17-12(2)13-6-7-13/h3-4,9,11-13,16H,5-8,10H2,1-2H3,(H,17,18)/t11-,12+/m1/s1. The minimum atomic E-state index is 0.101. The molecule has 0 unspecified atom stereocenters. The Morgan fingerprint density at radius 3 is 2.89 bits per heavy atom. The van der Waals surface area contributed by atoms with Crippen LogP contribution in [0.15, 0.2) is 22.8 Å². The summed E-state index contributed by atoms with van der Waals surface area (Å²) in [6, 6.07) is 4.52. The molecular formula is C15H24N2O2. The van der Waals surface area contributed by atoms with Gasteiger partial charge in [-0.25, -0.2) is 0 Å². The van der Waals surface area contributed by atoms with Gasteiger partial charge >= 0.3 is 0 Å². The second kappa shape index (κ2) is 6.75. The summed E-state index contributed by atoms with van der Waals surface area (Å²) in [6.45, 7) is 4.59. The minimum absolute atomic E-state index is 0.101. The van der Waals surface area contributed by atoms with Crippen LogP contribution in [0.4, 0.5) is 0 Å². The van der Waals surface area contributed by atoms with E-state index < -0.39 is 0 Å². The number of carbonyl (C=O) groups is 1. The van der Waals surface area contributed by atoms with Crippen LogP contribution in [0.2, 0.25) is 0 Å². The third kappa shape index (κ3) is 5.07. The molecule has 1 heterocycles. The summed E-state index contributed by atoms with van der Waals surface area (Å²) < 4.78 is 5.29. The number of furan rings is 1. The van der Waals surface area contributed by atoms with E-state index in [4.69, 9.17) is 4.42 Å². The van der Waals surface area contributed by atoms with Crippen LogP contribution in [0, 0.1) is 5.92 Å². The number of rotatable bonds is 8. The van der Waals surface area contributed by atoms with Crippen molar-refractivity contribution in [3.8, 4) is 0 Å². The van der Waals surface area contributed by atoms with Gasteiger partial charge in [0.05, 0.1) is 12.8 Å². The van der Waals surface area contributed by atoms with Gasteiger partial charge in [-0.1, -0.05) is 0 Å². The molecule has 0 radical (unpaired) electrons. The van der Waals surface area contributed by atoms with Gasteiger partial charge in [-0.3, -0.25) is 4.79 Å². The zero-order valence-corrected chi connectivity index (χ0v) is 11.8. The van der Waals surface area contributed by atoms with E-state index >= 15 is 0 Å². The molecule has 2 N–H and O–H groups in total. The van der Waals surface area contributed by atoms with E-state index in [9.17, 15) is 4.79 Å². The van der Waals surface area contributed by atoms with Gasteiger partial charge in [0.2, 0.25) is 5.91 Å². The highest BCUT2D eigenvalue weighted by Crippen LogP contribution is 2.32. The van der Waals surface area contributed by atoms with Gasteiger partial charge in [0.1, 0.15) is 5.76 Å². The fraction of sp³-hybridized carbons (Fsp3) is 0.667. The summed E-state index contributed by atoms with van der Waals surface area (Å²) >= 11 is 0. The molecule has 19 heavy (non-hydrogen) atoms. The van der Waals surface area contributed by atoms with Crippen molar-refractivity contribution < 1.29 is 9.21 Å². The fourth-order valence-corrected chi connectivity index (χ4v) is 2.20. The highest BCUT2D eigenvalue weighted by molar-refractivity contribution is 5.78. The van der Waals surface area contributed by atoms with Crippen LogP contribution in [0.3, 0.4) is 0 Å². The van der Waals surface area contributed by atoms with Gasteiger partial charge in [0.15, 0.2) is 0 Å². The van der Waals surface area contributed by atoms with Crippen LogP contribution in [0.25, 0.3) is 0 Å². The molecule has 1 aliphatic carbocycles. The maximum absolute atomic E-state index is 11.7. The Balaban J connectivity index is 1.57. The lowest BCUT2D eigenvalue weighted by molar-refractivity contribution is -0.121. The van der Waals surface area contributed by atoms with Crippen LogP contribution in [-0.4, -0.2) is 24.5 Å². The normalized spacial score (nSPS) is 18.0. The van der Waals surface area contributed by atoms with E-state index in [0.717, 1.165) is 18.6 Å². The van der Waals surface area contributed by atoms with E-state index in [1.807, 2.05) is 12.1 Å². The van der Waals surface area contributed by atoms with Crippen molar-refractivity contribution in [2.24, 2.45) is 5.92 Å². The quantitative estimate of drug-likeness (QED) is 0.756. The average Bonchev–Trinajstić information content (AvgIpc) is 3.11. The van der Waals surface area contributed by atoms with Crippen LogP contribution in [0.1, 0.15) is 38.9 Å². The van der Waals surface area contributed by atoms with E-state index in [-0.39, 0.29) is 5.91 Å². The molecule has 106 valence electrons. The lowest BCUT2D eigenvalue weighted by atomic mass is 10.1. The van der Waals surface area contributed by atoms with Crippen LogP contribution >= 0.6 is 0 Å². The summed E-state index contributed by atoms with van der Waals surface area (Å²) in [7, 11) is 0. The number of nitrogens with one attached hydrogen (secondary N) is 2. The summed E-state index contributed by atoms with van der Waals surface area (Å²) in [4.78, 5) is 11.7. The van der Waals surface area contributed by atoms with Crippen LogP contribution in [-0.2, 0) is 11.2 Å². The molecule has 4 nitrogen and oxygen atoms in total. The number of amides is 1. The first-order chi connectivity index (χ1) is 9.15. The third-order valence-electron chi connectivity index (χ3n) is 3.73. The van der Waals surface area contributed by atoms with Gasteiger partial charge in [0.25, 0.3) is 0 Å². The Morgan fingerprint density at radius 2 is 2.26 bits per heavy atom. The summed E-state index contributed by atoms with van der Waals surface area (Å²) in [5.41, 5.74) is 0. The summed E-state index contributed by atoms with van der Waals surface area (Å²) in [6.07, 6.45) is 6.09. The number of carbonyl (C=O) groups excluding carboxylic acids is 1. The second-order valence-electron chi connectivity index (χ2n) is 5.59. The minimum Gasteiger partial charge on any atom is -0.469 e. The van der Waals surface area contributed by atoms with Crippen molar-refractivity contribution in [2.75, 3.05) is 6.54 Å². The highest BCUT2D eigenvalue weighted by atomic mass is 16.3. The van der Waals surface area contributed by atoms with E-state index in [1.165, 1.54) is 12.8 Å². The Kier molecular flexibility index (Phi) is 5.02. The first kappa shape index (κ1) is 14.1. The molecular weight excluding hydrogens is 240 g/mol. The predicted octanol–water partition coefficient (Wildman–Crippen LogP) is 2.10. The van der Waals surface area contributed by atoms with E-state index in [0.29, 0.717) is 24.5 Å². The van der Waals surface area contributed by atoms with E-state index in [1.54, 1.807) is 6.26 Å². The Bertz CT molecular complexity index is 385. The zero-order valence-electron chi connectivity index (χ0n) is 11.8. The maximum Gasteiger partial charge on any atom is 0.234 e. The van der Waals surface area contributed by atoms with Crippen molar-refractivity contribution in [2.45, 2.75) is 51.6 Å². The molecule has 0 aromatic carbocycles. The molecule has 1 amide bonds. The molecule has 2 atom stereocenters.